The van der Waals surface area contributed by atoms with E-state index in [1.165, 1.54) is 0 Å². The van der Waals surface area contributed by atoms with E-state index in [4.69, 9.17) is 9.84 Å². The molecular formula is C16H20N2O3. The van der Waals surface area contributed by atoms with Crippen LogP contribution in [0.5, 0.6) is 0 Å². The fraction of sp³-hybridized carbons (Fsp3) is 0.500. The van der Waals surface area contributed by atoms with Crippen LogP contribution in [0.15, 0.2) is 18.3 Å². The van der Waals surface area contributed by atoms with Crippen LogP contribution in [0.4, 0.5) is 0 Å². The summed E-state index contributed by atoms with van der Waals surface area (Å²) in [6.07, 6.45) is 3.55. The minimum Gasteiger partial charge on any atom is -0.384 e. The summed E-state index contributed by atoms with van der Waals surface area (Å²) < 4.78 is 5.33. The highest BCUT2D eigenvalue weighted by molar-refractivity contribution is 5.94. The van der Waals surface area contributed by atoms with Gasteiger partial charge < -0.3 is 14.7 Å². The minimum absolute atomic E-state index is 0.135. The number of aliphatic hydroxyl groups excluding tert-OH is 1. The maximum atomic E-state index is 12.5. The zero-order chi connectivity index (χ0) is 15.1. The second kappa shape index (κ2) is 7.77. The van der Waals surface area contributed by atoms with Crippen molar-refractivity contribution in [3.63, 3.8) is 0 Å². The molecule has 2 rings (SSSR count). The fourth-order valence-corrected chi connectivity index (χ4v) is 2.39. The molecule has 5 nitrogen and oxygen atoms in total. The van der Waals surface area contributed by atoms with E-state index in [-0.39, 0.29) is 12.5 Å². The molecule has 112 valence electrons. The summed E-state index contributed by atoms with van der Waals surface area (Å²) in [5.41, 5.74) is 0.892. The summed E-state index contributed by atoms with van der Waals surface area (Å²) in [6, 6.07) is 3.47. The Morgan fingerprint density at radius 1 is 1.52 bits per heavy atom. The molecule has 0 aromatic carbocycles. The first kappa shape index (κ1) is 15.5. The Hall–Kier alpha value is -1.90. The molecule has 0 aliphatic carbocycles. The van der Waals surface area contributed by atoms with E-state index in [1.54, 1.807) is 30.3 Å². The number of pyridine rings is 1. The SMILES string of the molecule is CN(CC1CCOCC1)C(=O)c1ncccc1C#CCO. The second-order valence-corrected chi connectivity index (χ2v) is 5.10. The summed E-state index contributed by atoms with van der Waals surface area (Å²) >= 11 is 0. The van der Waals surface area contributed by atoms with Gasteiger partial charge in [-0.3, -0.25) is 4.79 Å². The second-order valence-electron chi connectivity index (χ2n) is 5.10. The Balaban J connectivity index is 2.08. The summed E-state index contributed by atoms with van der Waals surface area (Å²) in [7, 11) is 1.79. The van der Waals surface area contributed by atoms with Crippen molar-refractivity contribution in [3.8, 4) is 11.8 Å². The van der Waals surface area contributed by atoms with Crippen LogP contribution in [0.25, 0.3) is 0 Å². The first-order valence-electron chi connectivity index (χ1n) is 7.10. The molecule has 1 fully saturated rings. The summed E-state index contributed by atoms with van der Waals surface area (Å²) in [5, 5.41) is 8.78. The number of hydrogen-bond donors (Lipinski definition) is 1. The smallest absolute Gasteiger partial charge is 0.273 e. The van der Waals surface area contributed by atoms with Crippen LogP contribution in [0.3, 0.4) is 0 Å². The van der Waals surface area contributed by atoms with Crippen LogP contribution in [0.2, 0.25) is 0 Å². The van der Waals surface area contributed by atoms with Crippen LogP contribution < -0.4 is 0 Å². The third-order valence-corrected chi connectivity index (χ3v) is 3.53. The lowest BCUT2D eigenvalue weighted by Crippen LogP contribution is -2.35. The number of rotatable bonds is 3. The molecule has 0 spiro atoms. The average Bonchev–Trinajstić information content (AvgIpc) is 2.53. The zero-order valence-electron chi connectivity index (χ0n) is 12.2. The van der Waals surface area contributed by atoms with Gasteiger partial charge in [-0.05, 0) is 30.9 Å². The standard InChI is InChI=1S/C16H20N2O3/c1-18(12-13-6-10-21-11-7-13)16(20)15-14(5-3-9-19)4-2-8-17-15/h2,4,8,13,19H,6-7,9-12H2,1H3. The number of hydrogen-bond acceptors (Lipinski definition) is 4. The van der Waals surface area contributed by atoms with Crippen molar-refractivity contribution in [2.75, 3.05) is 33.4 Å². The van der Waals surface area contributed by atoms with Gasteiger partial charge in [0.15, 0.2) is 0 Å². The van der Waals surface area contributed by atoms with Crippen molar-refractivity contribution in [1.82, 2.24) is 9.88 Å². The molecule has 0 atom stereocenters. The number of aliphatic hydroxyl groups is 1. The minimum atomic E-state index is -0.236. The summed E-state index contributed by atoms with van der Waals surface area (Å²) in [5.74, 6) is 5.67. The van der Waals surface area contributed by atoms with E-state index in [0.717, 1.165) is 26.1 Å². The van der Waals surface area contributed by atoms with Gasteiger partial charge in [-0.25, -0.2) is 4.98 Å². The van der Waals surface area contributed by atoms with Gasteiger partial charge in [0, 0.05) is 33.0 Å². The molecule has 0 radical (unpaired) electrons. The zero-order valence-corrected chi connectivity index (χ0v) is 12.2. The van der Waals surface area contributed by atoms with E-state index >= 15 is 0 Å². The fourth-order valence-electron chi connectivity index (χ4n) is 2.39. The van der Waals surface area contributed by atoms with Crippen LogP contribution in [-0.2, 0) is 4.74 Å². The van der Waals surface area contributed by atoms with Gasteiger partial charge in [0.2, 0.25) is 0 Å². The maximum Gasteiger partial charge on any atom is 0.273 e. The molecule has 0 bridgehead atoms. The van der Waals surface area contributed by atoms with E-state index < -0.39 is 0 Å². The largest absolute Gasteiger partial charge is 0.384 e. The maximum absolute atomic E-state index is 12.5. The van der Waals surface area contributed by atoms with Gasteiger partial charge in [-0.1, -0.05) is 11.8 Å². The predicted molar refractivity (Wildman–Crippen MR) is 78.7 cm³/mol. The first-order chi connectivity index (χ1) is 10.2. The number of amides is 1. The van der Waals surface area contributed by atoms with Gasteiger partial charge in [0.05, 0.1) is 5.56 Å². The first-order valence-corrected chi connectivity index (χ1v) is 7.10. The normalized spacial score (nSPS) is 15.1. The van der Waals surface area contributed by atoms with E-state index in [1.807, 2.05) is 0 Å². The Morgan fingerprint density at radius 3 is 3.00 bits per heavy atom. The van der Waals surface area contributed by atoms with Crippen molar-refractivity contribution >= 4 is 5.91 Å². The molecule has 1 saturated heterocycles. The Bertz CT molecular complexity index is 542. The van der Waals surface area contributed by atoms with E-state index in [0.29, 0.717) is 23.7 Å². The Labute approximate surface area is 124 Å². The van der Waals surface area contributed by atoms with Gasteiger partial charge in [0.1, 0.15) is 12.3 Å². The Morgan fingerprint density at radius 2 is 2.29 bits per heavy atom. The highest BCUT2D eigenvalue weighted by Crippen LogP contribution is 2.17. The molecule has 0 unspecified atom stereocenters. The molecule has 21 heavy (non-hydrogen) atoms. The molecule has 1 aromatic heterocycles. The lowest BCUT2D eigenvalue weighted by atomic mass is 9.99. The number of nitrogens with zero attached hydrogens (tertiary/aromatic N) is 2. The van der Waals surface area contributed by atoms with Crippen LogP contribution in [-0.4, -0.2) is 54.3 Å². The quantitative estimate of drug-likeness (QED) is 0.840. The molecule has 2 heterocycles. The summed E-state index contributed by atoms with van der Waals surface area (Å²) in [4.78, 5) is 18.3. The Kier molecular flexibility index (Phi) is 5.73. The van der Waals surface area contributed by atoms with Crippen LogP contribution in [0.1, 0.15) is 28.9 Å². The van der Waals surface area contributed by atoms with Crippen LogP contribution in [0, 0.1) is 17.8 Å². The van der Waals surface area contributed by atoms with Crippen molar-refractivity contribution in [2.45, 2.75) is 12.8 Å². The number of ether oxygens (including phenoxy) is 1. The monoisotopic (exact) mass is 288 g/mol. The van der Waals surface area contributed by atoms with Gasteiger partial charge in [-0.15, -0.1) is 0 Å². The van der Waals surface area contributed by atoms with E-state index in [2.05, 4.69) is 16.8 Å². The molecule has 1 aliphatic rings. The number of carbonyl (C=O) groups is 1. The van der Waals surface area contributed by atoms with Gasteiger partial charge >= 0.3 is 0 Å². The van der Waals surface area contributed by atoms with Crippen molar-refractivity contribution in [2.24, 2.45) is 5.92 Å². The molecule has 0 saturated carbocycles. The molecule has 1 aromatic rings. The highest BCUT2D eigenvalue weighted by Gasteiger charge is 2.21. The third kappa shape index (κ3) is 4.28. The van der Waals surface area contributed by atoms with Gasteiger partial charge in [0.25, 0.3) is 5.91 Å². The number of carbonyl (C=O) groups excluding carboxylic acids is 1. The lowest BCUT2D eigenvalue weighted by Gasteiger charge is -2.27. The molecular weight excluding hydrogens is 268 g/mol. The van der Waals surface area contributed by atoms with Crippen molar-refractivity contribution in [3.05, 3.63) is 29.6 Å². The topological polar surface area (TPSA) is 62.7 Å². The lowest BCUT2D eigenvalue weighted by molar-refractivity contribution is 0.0495. The van der Waals surface area contributed by atoms with Gasteiger partial charge in [-0.2, -0.15) is 0 Å². The predicted octanol–water partition coefficient (Wildman–Crippen LogP) is 0.924. The molecule has 1 amide bonds. The average molecular weight is 288 g/mol. The van der Waals surface area contributed by atoms with Crippen molar-refractivity contribution < 1.29 is 14.6 Å². The number of aromatic nitrogens is 1. The highest BCUT2D eigenvalue weighted by atomic mass is 16.5. The molecule has 1 N–H and O–H groups in total. The summed E-state index contributed by atoms with van der Waals surface area (Å²) in [6.45, 7) is 2.00. The van der Waals surface area contributed by atoms with Crippen LogP contribution >= 0.6 is 0 Å². The molecule has 5 heteroatoms. The van der Waals surface area contributed by atoms with E-state index in [9.17, 15) is 4.79 Å². The van der Waals surface area contributed by atoms with Crippen molar-refractivity contribution in [1.29, 1.82) is 0 Å². The third-order valence-electron chi connectivity index (χ3n) is 3.53. The molecule has 1 aliphatic heterocycles.